The summed E-state index contributed by atoms with van der Waals surface area (Å²) in [5, 5.41) is 4.38. The standard InChI is InChI=1S/C13H22BrN3O/c1-5-11-13(14)12(17(4)16-11)7-9(18)6-10(15)8(2)3/h8,10H,5-7,15H2,1-4H3. The highest BCUT2D eigenvalue weighted by Crippen LogP contribution is 2.22. The number of nitrogens with two attached hydrogens (primary N) is 1. The second kappa shape index (κ2) is 6.48. The summed E-state index contributed by atoms with van der Waals surface area (Å²) in [6.07, 6.45) is 1.68. The maximum absolute atomic E-state index is 12.0. The van der Waals surface area contributed by atoms with E-state index < -0.39 is 0 Å². The number of aryl methyl sites for hydroxylation is 2. The van der Waals surface area contributed by atoms with Gasteiger partial charge in [0.2, 0.25) is 0 Å². The normalized spacial score (nSPS) is 13.1. The maximum atomic E-state index is 12.0. The van der Waals surface area contributed by atoms with Gasteiger partial charge in [-0.15, -0.1) is 0 Å². The molecule has 0 aliphatic rings. The number of carbonyl (C=O) groups is 1. The zero-order chi connectivity index (χ0) is 13.9. The molecule has 18 heavy (non-hydrogen) atoms. The molecule has 1 rings (SSSR count). The smallest absolute Gasteiger partial charge is 0.140 e. The molecular weight excluding hydrogens is 294 g/mol. The third kappa shape index (κ3) is 3.65. The molecule has 1 aromatic heterocycles. The van der Waals surface area contributed by atoms with Crippen molar-refractivity contribution in [2.75, 3.05) is 0 Å². The summed E-state index contributed by atoms with van der Waals surface area (Å²) < 4.78 is 2.74. The molecule has 0 amide bonds. The van der Waals surface area contributed by atoms with Crippen LogP contribution in [0.5, 0.6) is 0 Å². The fraction of sp³-hybridized carbons (Fsp3) is 0.692. The minimum Gasteiger partial charge on any atom is -0.327 e. The van der Waals surface area contributed by atoms with Gasteiger partial charge in [-0.2, -0.15) is 5.10 Å². The Hall–Kier alpha value is -0.680. The van der Waals surface area contributed by atoms with Crippen molar-refractivity contribution in [2.24, 2.45) is 18.7 Å². The Morgan fingerprint density at radius 3 is 2.56 bits per heavy atom. The highest BCUT2D eigenvalue weighted by molar-refractivity contribution is 9.10. The number of nitrogens with zero attached hydrogens (tertiary/aromatic N) is 2. The Morgan fingerprint density at radius 2 is 2.11 bits per heavy atom. The second-order valence-corrected chi connectivity index (χ2v) is 5.80. The van der Waals surface area contributed by atoms with Crippen molar-refractivity contribution >= 4 is 21.7 Å². The number of hydrogen-bond acceptors (Lipinski definition) is 3. The van der Waals surface area contributed by atoms with Gasteiger partial charge < -0.3 is 5.73 Å². The summed E-state index contributed by atoms with van der Waals surface area (Å²) in [5.41, 5.74) is 7.86. The van der Waals surface area contributed by atoms with Crippen molar-refractivity contribution in [3.8, 4) is 0 Å². The number of carbonyl (C=O) groups excluding carboxylic acids is 1. The maximum Gasteiger partial charge on any atom is 0.140 e. The molecule has 0 fully saturated rings. The Kier molecular flexibility index (Phi) is 5.53. The predicted octanol–water partition coefficient (Wildman–Crippen LogP) is 2.23. The van der Waals surface area contributed by atoms with Crippen molar-refractivity contribution in [3.63, 3.8) is 0 Å². The van der Waals surface area contributed by atoms with Gasteiger partial charge in [0, 0.05) is 25.9 Å². The number of ketones is 1. The monoisotopic (exact) mass is 315 g/mol. The lowest BCUT2D eigenvalue weighted by atomic mass is 9.98. The first kappa shape index (κ1) is 15.4. The van der Waals surface area contributed by atoms with E-state index in [1.165, 1.54) is 0 Å². The van der Waals surface area contributed by atoms with E-state index in [9.17, 15) is 4.79 Å². The van der Waals surface area contributed by atoms with Gasteiger partial charge >= 0.3 is 0 Å². The molecule has 0 aliphatic heterocycles. The minimum atomic E-state index is -0.0600. The lowest BCUT2D eigenvalue weighted by Crippen LogP contribution is -2.30. The lowest BCUT2D eigenvalue weighted by molar-refractivity contribution is -0.119. The predicted molar refractivity (Wildman–Crippen MR) is 76.4 cm³/mol. The molecule has 1 aromatic rings. The molecule has 0 saturated heterocycles. The van der Waals surface area contributed by atoms with Crippen LogP contribution in [-0.4, -0.2) is 21.6 Å². The van der Waals surface area contributed by atoms with Gasteiger partial charge in [-0.3, -0.25) is 9.48 Å². The summed E-state index contributed by atoms with van der Waals surface area (Å²) in [6, 6.07) is -0.0600. The first-order valence-corrected chi connectivity index (χ1v) is 7.13. The van der Waals surface area contributed by atoms with Crippen LogP contribution in [-0.2, 0) is 24.7 Å². The van der Waals surface area contributed by atoms with Gasteiger partial charge in [0.05, 0.1) is 15.9 Å². The van der Waals surface area contributed by atoms with Crippen LogP contribution < -0.4 is 5.73 Å². The van der Waals surface area contributed by atoms with Gasteiger partial charge in [0.25, 0.3) is 0 Å². The molecule has 0 aliphatic carbocycles. The summed E-state index contributed by atoms with van der Waals surface area (Å²) in [7, 11) is 1.87. The van der Waals surface area contributed by atoms with Crippen molar-refractivity contribution in [1.82, 2.24) is 9.78 Å². The van der Waals surface area contributed by atoms with Gasteiger partial charge in [-0.1, -0.05) is 20.8 Å². The van der Waals surface area contributed by atoms with Crippen LogP contribution in [0.25, 0.3) is 0 Å². The first-order valence-electron chi connectivity index (χ1n) is 6.34. The van der Waals surface area contributed by atoms with Crippen LogP contribution in [0.4, 0.5) is 0 Å². The van der Waals surface area contributed by atoms with Crippen LogP contribution in [0.3, 0.4) is 0 Å². The SMILES string of the molecule is CCc1nn(C)c(CC(=O)CC(N)C(C)C)c1Br. The first-order chi connectivity index (χ1) is 8.36. The number of hydrogen-bond donors (Lipinski definition) is 1. The summed E-state index contributed by atoms with van der Waals surface area (Å²) in [5.74, 6) is 0.498. The molecule has 1 atom stereocenters. The summed E-state index contributed by atoms with van der Waals surface area (Å²) in [6.45, 7) is 6.12. The lowest BCUT2D eigenvalue weighted by Gasteiger charge is -2.14. The molecule has 4 nitrogen and oxygen atoms in total. The molecule has 1 heterocycles. The minimum absolute atomic E-state index is 0.0600. The Labute approximate surface area is 117 Å². The molecule has 5 heteroatoms. The Balaban J connectivity index is 2.73. The van der Waals surface area contributed by atoms with Crippen molar-refractivity contribution in [3.05, 3.63) is 15.9 Å². The van der Waals surface area contributed by atoms with Gasteiger partial charge in [0.1, 0.15) is 5.78 Å². The molecule has 0 saturated carbocycles. The van der Waals surface area contributed by atoms with Crippen molar-refractivity contribution < 1.29 is 4.79 Å². The third-order valence-corrected chi connectivity index (χ3v) is 4.10. The van der Waals surface area contributed by atoms with E-state index in [0.29, 0.717) is 18.8 Å². The van der Waals surface area contributed by atoms with E-state index >= 15 is 0 Å². The molecule has 1 unspecified atom stereocenters. The molecular formula is C13H22BrN3O. The largest absolute Gasteiger partial charge is 0.327 e. The van der Waals surface area contributed by atoms with E-state index in [4.69, 9.17) is 5.73 Å². The van der Waals surface area contributed by atoms with E-state index in [2.05, 4.69) is 21.0 Å². The van der Waals surface area contributed by atoms with E-state index in [1.807, 2.05) is 27.8 Å². The van der Waals surface area contributed by atoms with Crippen LogP contribution in [0, 0.1) is 5.92 Å². The molecule has 0 bridgehead atoms. The average Bonchev–Trinajstić information content (AvgIpc) is 2.56. The summed E-state index contributed by atoms with van der Waals surface area (Å²) >= 11 is 3.52. The number of rotatable bonds is 6. The Bertz CT molecular complexity index is 426. The average molecular weight is 316 g/mol. The van der Waals surface area contributed by atoms with E-state index in [-0.39, 0.29) is 11.8 Å². The van der Waals surface area contributed by atoms with Crippen LogP contribution in [0.15, 0.2) is 4.47 Å². The fourth-order valence-electron chi connectivity index (χ4n) is 1.77. The van der Waals surface area contributed by atoms with Gasteiger partial charge in [-0.05, 0) is 28.3 Å². The van der Waals surface area contributed by atoms with Crippen LogP contribution in [0.1, 0.15) is 38.6 Å². The molecule has 0 radical (unpaired) electrons. The van der Waals surface area contributed by atoms with Crippen LogP contribution >= 0.6 is 15.9 Å². The van der Waals surface area contributed by atoms with Crippen molar-refractivity contribution in [2.45, 2.75) is 46.1 Å². The quantitative estimate of drug-likeness (QED) is 0.875. The van der Waals surface area contributed by atoms with Gasteiger partial charge in [0.15, 0.2) is 0 Å². The molecule has 102 valence electrons. The van der Waals surface area contributed by atoms with Crippen LogP contribution in [0.2, 0.25) is 0 Å². The highest BCUT2D eigenvalue weighted by atomic mass is 79.9. The molecule has 0 spiro atoms. The van der Waals surface area contributed by atoms with E-state index in [0.717, 1.165) is 22.3 Å². The number of aromatic nitrogens is 2. The fourth-order valence-corrected chi connectivity index (χ4v) is 2.53. The number of Topliss-reactive ketones (excluding diaryl/α,β-unsaturated/α-hetero) is 1. The molecule has 2 N–H and O–H groups in total. The zero-order valence-corrected chi connectivity index (χ0v) is 13.1. The topological polar surface area (TPSA) is 60.9 Å². The Morgan fingerprint density at radius 1 is 1.50 bits per heavy atom. The zero-order valence-electron chi connectivity index (χ0n) is 11.5. The highest BCUT2D eigenvalue weighted by Gasteiger charge is 2.18. The van der Waals surface area contributed by atoms with E-state index in [1.54, 1.807) is 4.68 Å². The summed E-state index contributed by atoms with van der Waals surface area (Å²) in [4.78, 5) is 12.0. The second-order valence-electron chi connectivity index (χ2n) is 5.01. The van der Waals surface area contributed by atoms with Crippen molar-refractivity contribution in [1.29, 1.82) is 0 Å². The molecule has 0 aromatic carbocycles. The number of halogens is 1. The van der Waals surface area contributed by atoms with Gasteiger partial charge in [-0.25, -0.2) is 0 Å². The third-order valence-electron chi connectivity index (χ3n) is 3.19.